The fraction of sp³-hybridized carbons (Fsp3) is 0.444. The van der Waals surface area contributed by atoms with E-state index in [0.29, 0.717) is 12.5 Å². The Labute approximate surface area is 174 Å². The van der Waals surface area contributed by atoms with Crippen LogP contribution < -0.4 is 10.6 Å². The fourth-order valence-corrected chi connectivity index (χ4v) is 2.66. The molecule has 0 radical (unpaired) electrons. The maximum Gasteiger partial charge on any atom is 0.433 e. The smallest absolute Gasteiger partial charge is 0.386 e. The van der Waals surface area contributed by atoms with Gasteiger partial charge in [-0.1, -0.05) is 0 Å². The van der Waals surface area contributed by atoms with Crippen LogP contribution in [0.4, 0.5) is 35.1 Å². The number of hydrogen-bond acceptors (Lipinski definition) is 7. The van der Waals surface area contributed by atoms with Crippen LogP contribution in [0.1, 0.15) is 54.1 Å². The standard InChI is InChI=1S/C18H20F4N6O/c1-9(2)24-16-26-15(11-4-3-5-12(29)14(11)19)27-17(28-16)25-10-6-7-23-13(8-10)18(20,21)22/h6-9,12,29H,3-5H2,1-2H3,(H2,23,24,25,26,27,28)/i1D3,2D3,9D. The van der Waals surface area contributed by atoms with Gasteiger partial charge < -0.3 is 15.7 Å². The van der Waals surface area contributed by atoms with Gasteiger partial charge in [0.1, 0.15) is 17.6 Å². The van der Waals surface area contributed by atoms with E-state index in [0.717, 1.165) is 12.3 Å². The Kier molecular flexibility index (Phi) is 3.83. The number of halogens is 4. The predicted molar refractivity (Wildman–Crippen MR) is 99.0 cm³/mol. The zero-order valence-electron chi connectivity index (χ0n) is 21.7. The summed E-state index contributed by atoms with van der Waals surface area (Å²) in [4.78, 5) is 14.8. The molecule has 156 valence electrons. The first-order valence-electron chi connectivity index (χ1n) is 11.8. The van der Waals surface area contributed by atoms with Gasteiger partial charge in [-0.2, -0.15) is 28.1 Å². The molecule has 0 spiro atoms. The molecular weight excluding hydrogens is 392 g/mol. The van der Waals surface area contributed by atoms with Gasteiger partial charge in [-0.25, -0.2) is 4.39 Å². The van der Waals surface area contributed by atoms with Gasteiger partial charge in [-0.3, -0.25) is 4.98 Å². The van der Waals surface area contributed by atoms with Crippen LogP contribution in [0, 0.1) is 0 Å². The second kappa shape index (κ2) is 8.27. The molecule has 3 N–H and O–H groups in total. The molecule has 2 aromatic rings. The zero-order valence-corrected chi connectivity index (χ0v) is 14.7. The third kappa shape index (κ3) is 5.17. The number of anilines is 3. The number of aliphatic hydroxyl groups excluding tert-OH is 1. The van der Waals surface area contributed by atoms with Crippen molar-refractivity contribution in [2.45, 2.75) is 51.3 Å². The summed E-state index contributed by atoms with van der Waals surface area (Å²) in [5.74, 6) is -2.69. The lowest BCUT2D eigenvalue weighted by Crippen LogP contribution is -2.18. The molecule has 2 heterocycles. The quantitative estimate of drug-likeness (QED) is 0.629. The second-order valence-electron chi connectivity index (χ2n) is 6.09. The van der Waals surface area contributed by atoms with E-state index in [1.807, 2.05) is 5.32 Å². The lowest BCUT2D eigenvalue weighted by molar-refractivity contribution is -0.141. The molecule has 1 aliphatic carbocycles. The van der Waals surface area contributed by atoms with Crippen molar-refractivity contribution in [2.75, 3.05) is 10.6 Å². The first-order chi connectivity index (χ1) is 16.4. The van der Waals surface area contributed by atoms with Crippen molar-refractivity contribution >= 4 is 23.2 Å². The normalized spacial score (nSPS) is 22.4. The molecule has 11 heteroatoms. The van der Waals surface area contributed by atoms with Gasteiger partial charge in [0, 0.05) is 31.7 Å². The Morgan fingerprint density at radius 3 is 2.76 bits per heavy atom. The van der Waals surface area contributed by atoms with E-state index in [4.69, 9.17) is 9.60 Å². The lowest BCUT2D eigenvalue weighted by Gasteiger charge is -2.20. The molecule has 0 aliphatic heterocycles. The number of hydrogen-bond donors (Lipinski definition) is 3. The Morgan fingerprint density at radius 2 is 2.03 bits per heavy atom. The van der Waals surface area contributed by atoms with Crippen molar-refractivity contribution in [3.63, 3.8) is 0 Å². The van der Waals surface area contributed by atoms with Crippen molar-refractivity contribution in [3.8, 4) is 0 Å². The number of nitrogens with zero attached hydrogens (tertiary/aromatic N) is 4. The Bertz CT molecular complexity index is 1140. The van der Waals surface area contributed by atoms with Crippen LogP contribution in [-0.4, -0.2) is 37.2 Å². The van der Waals surface area contributed by atoms with Crippen molar-refractivity contribution in [3.05, 3.63) is 35.7 Å². The molecule has 0 amide bonds. The maximum atomic E-state index is 14.7. The van der Waals surface area contributed by atoms with E-state index in [1.54, 1.807) is 0 Å². The monoisotopic (exact) mass is 419 g/mol. The number of allylic oxidation sites excluding steroid dienone is 1. The van der Waals surface area contributed by atoms with Gasteiger partial charge in [0.2, 0.25) is 11.9 Å². The summed E-state index contributed by atoms with van der Waals surface area (Å²) in [6.07, 6.45) is -4.90. The van der Waals surface area contributed by atoms with Crippen molar-refractivity contribution in [2.24, 2.45) is 0 Å². The molecule has 0 fully saturated rings. The second-order valence-corrected chi connectivity index (χ2v) is 6.09. The summed E-state index contributed by atoms with van der Waals surface area (Å²) in [5.41, 5.74) is -1.65. The Hall–Kier alpha value is -2.82. The molecule has 2 aromatic heterocycles. The molecule has 0 aromatic carbocycles. The summed E-state index contributed by atoms with van der Waals surface area (Å²) in [5, 5.41) is 14.2. The summed E-state index contributed by atoms with van der Waals surface area (Å²) < 4.78 is 107. The molecule has 0 saturated heterocycles. The van der Waals surface area contributed by atoms with Gasteiger partial charge in [-0.15, -0.1) is 0 Å². The third-order valence-corrected chi connectivity index (χ3v) is 3.93. The van der Waals surface area contributed by atoms with Crippen LogP contribution in [-0.2, 0) is 6.18 Å². The van der Waals surface area contributed by atoms with Gasteiger partial charge in [0.05, 0.1) is 1.37 Å². The first kappa shape index (κ1) is 13.4. The number of pyridine rings is 1. The van der Waals surface area contributed by atoms with Crippen LogP contribution in [0.3, 0.4) is 0 Å². The zero-order chi connectivity index (χ0) is 27.1. The number of aromatic nitrogens is 4. The maximum absolute atomic E-state index is 14.7. The summed E-state index contributed by atoms with van der Waals surface area (Å²) in [6, 6.07) is -1.55. The highest BCUT2D eigenvalue weighted by molar-refractivity contribution is 5.66. The third-order valence-electron chi connectivity index (χ3n) is 3.93. The van der Waals surface area contributed by atoms with E-state index >= 15 is 0 Å². The van der Waals surface area contributed by atoms with Crippen LogP contribution >= 0.6 is 0 Å². The molecule has 7 nitrogen and oxygen atoms in total. The van der Waals surface area contributed by atoms with Crippen LogP contribution in [0.5, 0.6) is 0 Å². The average molecular weight is 419 g/mol. The van der Waals surface area contributed by atoms with Crippen molar-refractivity contribution < 1.29 is 32.3 Å². The Morgan fingerprint density at radius 1 is 1.28 bits per heavy atom. The van der Waals surface area contributed by atoms with E-state index < -0.39 is 61.2 Å². The predicted octanol–water partition coefficient (Wildman–Crippen LogP) is 4.07. The lowest BCUT2D eigenvalue weighted by atomic mass is 9.96. The molecule has 1 atom stereocenters. The summed E-state index contributed by atoms with van der Waals surface area (Å²) in [7, 11) is 0. The fourth-order valence-electron chi connectivity index (χ4n) is 2.66. The minimum atomic E-state index is -4.77. The van der Waals surface area contributed by atoms with E-state index in [1.165, 1.54) is 0 Å². The van der Waals surface area contributed by atoms with Gasteiger partial charge in [-0.05, 0) is 45.1 Å². The molecule has 29 heavy (non-hydrogen) atoms. The number of alkyl halides is 3. The van der Waals surface area contributed by atoms with Crippen LogP contribution in [0.25, 0.3) is 5.57 Å². The highest BCUT2D eigenvalue weighted by atomic mass is 19.4. The molecular formula is C18H20F4N6O. The highest BCUT2D eigenvalue weighted by Gasteiger charge is 2.32. The SMILES string of the molecule is [2H]C([2H])([2H])C([2H])(Nc1nc(Nc2ccnc(C(F)(F)F)c2)nc(C2=C(F)C(O)CCC2)n1)C([2H])([2H])[2H]. The topological polar surface area (TPSA) is 95.9 Å². The van der Waals surface area contributed by atoms with Crippen molar-refractivity contribution in [1.82, 2.24) is 19.9 Å². The van der Waals surface area contributed by atoms with Crippen molar-refractivity contribution in [1.29, 1.82) is 0 Å². The number of rotatable bonds is 5. The van der Waals surface area contributed by atoms with E-state index in [2.05, 4.69) is 25.3 Å². The van der Waals surface area contributed by atoms with E-state index in [9.17, 15) is 22.7 Å². The molecule has 3 rings (SSSR count). The van der Waals surface area contributed by atoms with Gasteiger partial charge in [0.25, 0.3) is 0 Å². The molecule has 0 saturated carbocycles. The molecule has 0 bridgehead atoms. The highest BCUT2D eigenvalue weighted by Crippen LogP contribution is 2.33. The van der Waals surface area contributed by atoms with Crippen LogP contribution in [0.15, 0.2) is 24.2 Å². The Balaban J connectivity index is 2.13. The number of nitrogens with one attached hydrogen (secondary N) is 2. The first-order valence-corrected chi connectivity index (χ1v) is 8.34. The largest absolute Gasteiger partial charge is 0.433 e. The van der Waals surface area contributed by atoms with E-state index in [-0.39, 0.29) is 24.1 Å². The summed E-state index contributed by atoms with van der Waals surface area (Å²) >= 11 is 0. The van der Waals surface area contributed by atoms with Gasteiger partial charge in [0.15, 0.2) is 5.82 Å². The average Bonchev–Trinajstić information content (AvgIpc) is 2.73. The minimum Gasteiger partial charge on any atom is -0.386 e. The van der Waals surface area contributed by atoms with Crippen LogP contribution in [0.2, 0.25) is 0 Å². The number of aliphatic hydroxyl groups is 1. The van der Waals surface area contributed by atoms with Gasteiger partial charge >= 0.3 is 6.18 Å². The molecule has 1 unspecified atom stereocenters. The molecule has 1 aliphatic rings. The minimum absolute atomic E-state index is 0.0455. The summed E-state index contributed by atoms with van der Waals surface area (Å²) in [6.45, 7) is -6.84.